The number of carbonyl (C=O) groups excluding carboxylic acids is 1. The minimum absolute atomic E-state index is 0.219. The Labute approximate surface area is 71.5 Å². The molecule has 0 unspecified atom stereocenters. The third-order valence-corrected chi connectivity index (χ3v) is 3.09. The first-order valence-electron chi connectivity index (χ1n) is 4.22. The van der Waals surface area contributed by atoms with E-state index in [4.69, 9.17) is 11.6 Å². The van der Waals surface area contributed by atoms with Gasteiger partial charge < -0.3 is 4.90 Å². The number of piperidine rings is 1. The summed E-state index contributed by atoms with van der Waals surface area (Å²) in [6.45, 7) is 0.877. The number of carbonyl (C=O) groups is 1. The Kier molecular flexibility index (Phi) is 1.60. The van der Waals surface area contributed by atoms with Gasteiger partial charge in [-0.1, -0.05) is 0 Å². The number of amides is 1. The van der Waals surface area contributed by atoms with Crippen molar-refractivity contribution in [3.05, 3.63) is 0 Å². The third kappa shape index (κ3) is 1.13. The highest BCUT2D eigenvalue weighted by atomic mass is 35.5. The monoisotopic (exact) mass is 173 g/mol. The van der Waals surface area contributed by atoms with Crippen molar-refractivity contribution >= 4 is 17.0 Å². The van der Waals surface area contributed by atoms with Crippen LogP contribution in [0.4, 0.5) is 4.79 Å². The van der Waals surface area contributed by atoms with Gasteiger partial charge in [-0.25, -0.2) is 0 Å². The van der Waals surface area contributed by atoms with Crippen molar-refractivity contribution < 1.29 is 4.79 Å². The Balaban J connectivity index is 2.10. The smallest absolute Gasteiger partial charge is 0.316 e. The molecule has 1 heterocycles. The normalized spacial score (nSPS) is 27.2. The van der Waals surface area contributed by atoms with Crippen LogP contribution in [0, 0.1) is 0 Å². The quantitative estimate of drug-likeness (QED) is 0.407. The van der Waals surface area contributed by atoms with E-state index in [-0.39, 0.29) is 10.9 Å². The molecule has 0 radical (unpaired) electrons. The van der Waals surface area contributed by atoms with Crippen LogP contribution < -0.4 is 0 Å². The molecular formula is C8H12ClNO. The van der Waals surface area contributed by atoms with E-state index >= 15 is 0 Å². The van der Waals surface area contributed by atoms with Gasteiger partial charge >= 0.3 is 5.37 Å². The van der Waals surface area contributed by atoms with Crippen molar-refractivity contribution in [2.45, 2.75) is 37.6 Å². The van der Waals surface area contributed by atoms with E-state index in [1.54, 1.807) is 0 Å². The molecule has 11 heavy (non-hydrogen) atoms. The van der Waals surface area contributed by atoms with Crippen molar-refractivity contribution in [1.82, 2.24) is 4.90 Å². The SMILES string of the molecule is O=C(Cl)N1CCCCC12CC2. The molecule has 1 spiro atoms. The molecule has 0 bridgehead atoms. The summed E-state index contributed by atoms with van der Waals surface area (Å²) in [6.07, 6.45) is 5.91. The summed E-state index contributed by atoms with van der Waals surface area (Å²) in [7, 11) is 0. The van der Waals surface area contributed by atoms with Gasteiger partial charge in [-0.3, -0.25) is 4.79 Å². The summed E-state index contributed by atoms with van der Waals surface area (Å²) in [4.78, 5) is 12.8. The molecule has 62 valence electrons. The maximum absolute atomic E-state index is 10.9. The van der Waals surface area contributed by atoms with Crippen molar-refractivity contribution in [3.8, 4) is 0 Å². The first-order chi connectivity index (χ1) is 5.25. The zero-order valence-electron chi connectivity index (χ0n) is 6.48. The second kappa shape index (κ2) is 2.37. The standard InChI is InChI=1S/C8H12ClNO/c9-7(11)10-6-2-1-3-8(10)4-5-8/h1-6H2. The van der Waals surface area contributed by atoms with Crippen LogP contribution in [0.3, 0.4) is 0 Å². The molecule has 2 rings (SSSR count). The van der Waals surface area contributed by atoms with Crippen LogP contribution in [0.1, 0.15) is 32.1 Å². The Bertz CT molecular complexity index is 189. The van der Waals surface area contributed by atoms with Gasteiger partial charge in [-0.05, 0) is 43.7 Å². The van der Waals surface area contributed by atoms with E-state index in [1.807, 2.05) is 4.90 Å². The Morgan fingerprint density at radius 1 is 1.27 bits per heavy atom. The van der Waals surface area contributed by atoms with Crippen LogP contribution >= 0.6 is 11.6 Å². The number of halogens is 1. The number of rotatable bonds is 0. The van der Waals surface area contributed by atoms with Crippen LogP contribution in [0.2, 0.25) is 0 Å². The summed E-state index contributed by atoms with van der Waals surface area (Å²) in [5, 5.41) is -0.248. The molecule has 2 aliphatic rings. The predicted octanol–water partition coefficient (Wildman–Crippen LogP) is 2.36. The van der Waals surface area contributed by atoms with E-state index in [0.717, 1.165) is 13.0 Å². The van der Waals surface area contributed by atoms with Gasteiger partial charge in [-0.2, -0.15) is 0 Å². The molecule has 2 fully saturated rings. The summed E-state index contributed by atoms with van der Waals surface area (Å²) in [6, 6.07) is 0. The molecule has 1 saturated heterocycles. The molecule has 0 aromatic rings. The Morgan fingerprint density at radius 3 is 2.45 bits per heavy atom. The summed E-state index contributed by atoms with van der Waals surface area (Å²) >= 11 is 5.47. The Morgan fingerprint density at radius 2 is 2.00 bits per heavy atom. The largest absolute Gasteiger partial charge is 0.324 e. The van der Waals surface area contributed by atoms with Crippen LogP contribution in [-0.2, 0) is 0 Å². The van der Waals surface area contributed by atoms with E-state index in [1.165, 1.54) is 25.7 Å². The minimum Gasteiger partial charge on any atom is -0.324 e. The average Bonchev–Trinajstić information content (AvgIpc) is 2.70. The van der Waals surface area contributed by atoms with Crippen LogP contribution in [0.25, 0.3) is 0 Å². The molecule has 0 aromatic heterocycles. The van der Waals surface area contributed by atoms with Crippen molar-refractivity contribution in [1.29, 1.82) is 0 Å². The summed E-state index contributed by atoms with van der Waals surface area (Å²) in [5.74, 6) is 0. The summed E-state index contributed by atoms with van der Waals surface area (Å²) < 4.78 is 0. The fourth-order valence-electron chi connectivity index (χ4n) is 2.03. The van der Waals surface area contributed by atoms with Crippen molar-refractivity contribution in [2.75, 3.05) is 6.54 Å². The van der Waals surface area contributed by atoms with Gasteiger partial charge in [0.05, 0.1) is 0 Å². The van der Waals surface area contributed by atoms with Gasteiger partial charge in [0.2, 0.25) is 0 Å². The lowest BCUT2D eigenvalue weighted by molar-refractivity contribution is 0.160. The lowest BCUT2D eigenvalue weighted by Gasteiger charge is -2.34. The molecule has 1 aliphatic carbocycles. The number of likely N-dealkylation sites (tertiary alicyclic amines) is 1. The first-order valence-corrected chi connectivity index (χ1v) is 4.60. The molecule has 2 nitrogen and oxygen atoms in total. The molecule has 3 heteroatoms. The Hall–Kier alpha value is -0.240. The van der Waals surface area contributed by atoms with Crippen molar-refractivity contribution in [2.24, 2.45) is 0 Å². The topological polar surface area (TPSA) is 20.3 Å². The van der Waals surface area contributed by atoms with E-state index < -0.39 is 0 Å². The van der Waals surface area contributed by atoms with Gasteiger partial charge in [-0.15, -0.1) is 0 Å². The maximum Gasteiger partial charge on any atom is 0.316 e. The summed E-state index contributed by atoms with van der Waals surface area (Å²) in [5.41, 5.74) is 0.219. The fraction of sp³-hybridized carbons (Fsp3) is 0.875. The molecular weight excluding hydrogens is 162 g/mol. The molecule has 0 aromatic carbocycles. The van der Waals surface area contributed by atoms with Crippen LogP contribution in [0.5, 0.6) is 0 Å². The second-order valence-corrected chi connectivity index (χ2v) is 3.91. The zero-order chi connectivity index (χ0) is 7.90. The molecule has 1 aliphatic heterocycles. The maximum atomic E-state index is 10.9. The van der Waals surface area contributed by atoms with Gasteiger partial charge in [0, 0.05) is 12.1 Å². The molecule has 1 saturated carbocycles. The highest BCUT2D eigenvalue weighted by Crippen LogP contribution is 2.48. The van der Waals surface area contributed by atoms with E-state index in [0.29, 0.717) is 0 Å². The number of nitrogens with zero attached hydrogens (tertiary/aromatic N) is 1. The van der Waals surface area contributed by atoms with Gasteiger partial charge in [0.15, 0.2) is 0 Å². The first kappa shape index (κ1) is 7.41. The zero-order valence-corrected chi connectivity index (χ0v) is 7.23. The molecule has 1 amide bonds. The van der Waals surface area contributed by atoms with Crippen molar-refractivity contribution in [3.63, 3.8) is 0 Å². The van der Waals surface area contributed by atoms with Gasteiger partial charge in [0.25, 0.3) is 0 Å². The van der Waals surface area contributed by atoms with E-state index in [9.17, 15) is 4.79 Å². The van der Waals surface area contributed by atoms with Crippen LogP contribution in [0.15, 0.2) is 0 Å². The van der Waals surface area contributed by atoms with Crippen LogP contribution in [-0.4, -0.2) is 22.3 Å². The lowest BCUT2D eigenvalue weighted by atomic mass is 10.0. The number of hydrogen-bond acceptors (Lipinski definition) is 1. The molecule has 0 N–H and O–H groups in total. The number of hydrogen-bond donors (Lipinski definition) is 0. The average molecular weight is 174 g/mol. The highest BCUT2D eigenvalue weighted by Gasteiger charge is 2.50. The predicted molar refractivity (Wildman–Crippen MR) is 43.8 cm³/mol. The lowest BCUT2D eigenvalue weighted by Crippen LogP contribution is -2.42. The second-order valence-electron chi connectivity index (χ2n) is 3.59. The fourth-order valence-corrected chi connectivity index (χ4v) is 2.30. The molecule has 0 atom stereocenters. The highest BCUT2D eigenvalue weighted by molar-refractivity contribution is 6.62. The third-order valence-electron chi connectivity index (χ3n) is 2.89. The minimum atomic E-state index is -0.248. The van der Waals surface area contributed by atoms with E-state index in [2.05, 4.69) is 0 Å². The van der Waals surface area contributed by atoms with Gasteiger partial charge in [0.1, 0.15) is 0 Å².